The van der Waals surface area contributed by atoms with E-state index >= 15 is 0 Å². The largest absolute Gasteiger partial charge is 0.397 e. The minimum atomic E-state index is 0.518. The summed E-state index contributed by atoms with van der Waals surface area (Å²) in [7, 11) is 1.95. The van der Waals surface area contributed by atoms with Crippen LogP contribution in [0.3, 0.4) is 0 Å². The van der Waals surface area contributed by atoms with Crippen molar-refractivity contribution >= 4 is 11.4 Å². The first-order chi connectivity index (χ1) is 6.66. The van der Waals surface area contributed by atoms with E-state index in [4.69, 9.17) is 11.0 Å². The van der Waals surface area contributed by atoms with Crippen molar-refractivity contribution in [3.8, 4) is 6.07 Å². The topological polar surface area (TPSA) is 53.0 Å². The molecule has 0 bridgehead atoms. The number of anilines is 2. The monoisotopic (exact) mass is 189 g/mol. The van der Waals surface area contributed by atoms with Crippen molar-refractivity contribution in [3.63, 3.8) is 0 Å². The molecule has 0 heterocycles. The van der Waals surface area contributed by atoms with Gasteiger partial charge in [-0.2, -0.15) is 5.26 Å². The summed E-state index contributed by atoms with van der Waals surface area (Å²) in [5, 5.41) is 8.49. The average Bonchev–Trinajstić information content (AvgIpc) is 2.14. The van der Waals surface area contributed by atoms with Crippen molar-refractivity contribution in [1.82, 2.24) is 0 Å². The van der Waals surface area contributed by atoms with Crippen molar-refractivity contribution in [2.45, 2.75) is 13.3 Å². The molecule has 0 saturated carbocycles. The molecule has 3 heteroatoms. The second-order valence-corrected chi connectivity index (χ2v) is 3.34. The summed E-state index contributed by atoms with van der Waals surface area (Å²) in [5.41, 5.74) is 8.81. The maximum absolute atomic E-state index is 8.49. The van der Waals surface area contributed by atoms with Crippen LogP contribution in [0.25, 0.3) is 0 Å². The Labute approximate surface area is 84.7 Å². The molecule has 0 aliphatic carbocycles. The van der Waals surface area contributed by atoms with Gasteiger partial charge < -0.3 is 10.6 Å². The fourth-order valence-corrected chi connectivity index (χ4v) is 1.53. The van der Waals surface area contributed by atoms with Gasteiger partial charge in [0.25, 0.3) is 0 Å². The lowest BCUT2D eigenvalue weighted by Gasteiger charge is -2.21. The number of nitrogens with zero attached hydrogens (tertiary/aromatic N) is 2. The maximum Gasteiger partial charge on any atom is 0.0640 e. The predicted octanol–water partition coefficient (Wildman–Crippen LogP) is 1.93. The Morgan fingerprint density at radius 1 is 1.50 bits per heavy atom. The van der Waals surface area contributed by atoms with Gasteiger partial charge in [0.15, 0.2) is 0 Å². The van der Waals surface area contributed by atoms with Gasteiger partial charge in [-0.05, 0) is 18.6 Å². The van der Waals surface area contributed by atoms with Gasteiger partial charge in [-0.15, -0.1) is 0 Å². The molecular weight excluding hydrogens is 174 g/mol. The first kappa shape index (κ1) is 10.4. The molecule has 0 atom stereocenters. The van der Waals surface area contributed by atoms with Crippen molar-refractivity contribution < 1.29 is 0 Å². The van der Waals surface area contributed by atoms with Crippen LogP contribution in [0.15, 0.2) is 18.2 Å². The summed E-state index contributed by atoms with van der Waals surface area (Å²) in [4.78, 5) is 2.02. The van der Waals surface area contributed by atoms with Crippen molar-refractivity contribution in [2.75, 3.05) is 24.2 Å². The normalized spacial score (nSPS) is 9.50. The molecule has 0 unspecified atom stereocenters. The molecule has 1 rings (SSSR count). The number of aryl methyl sites for hydroxylation is 1. The lowest BCUT2D eigenvalue weighted by atomic mass is 10.1. The lowest BCUT2D eigenvalue weighted by Crippen LogP contribution is -2.20. The van der Waals surface area contributed by atoms with Crippen LogP contribution in [0.5, 0.6) is 0 Å². The smallest absolute Gasteiger partial charge is 0.0640 e. The second kappa shape index (κ2) is 4.52. The highest BCUT2D eigenvalue weighted by Crippen LogP contribution is 2.25. The first-order valence-electron chi connectivity index (χ1n) is 4.60. The van der Waals surface area contributed by atoms with Crippen LogP contribution in [0.2, 0.25) is 0 Å². The van der Waals surface area contributed by atoms with Crippen LogP contribution in [-0.2, 0) is 0 Å². The van der Waals surface area contributed by atoms with Gasteiger partial charge in [-0.25, -0.2) is 0 Å². The first-order valence-corrected chi connectivity index (χ1v) is 4.60. The van der Waals surface area contributed by atoms with Crippen LogP contribution in [-0.4, -0.2) is 13.6 Å². The van der Waals surface area contributed by atoms with E-state index in [1.54, 1.807) is 0 Å². The van der Waals surface area contributed by atoms with E-state index in [-0.39, 0.29) is 0 Å². The molecule has 14 heavy (non-hydrogen) atoms. The van der Waals surface area contributed by atoms with Gasteiger partial charge in [0, 0.05) is 13.6 Å². The molecule has 0 fully saturated rings. The number of hydrogen-bond donors (Lipinski definition) is 1. The van der Waals surface area contributed by atoms with Gasteiger partial charge in [0.05, 0.1) is 23.9 Å². The number of rotatable bonds is 3. The fraction of sp³-hybridized carbons (Fsp3) is 0.364. The Morgan fingerprint density at radius 2 is 2.21 bits per heavy atom. The quantitative estimate of drug-likeness (QED) is 0.739. The minimum Gasteiger partial charge on any atom is -0.397 e. The summed E-state index contributed by atoms with van der Waals surface area (Å²) in [5.74, 6) is 0. The zero-order valence-corrected chi connectivity index (χ0v) is 8.62. The molecule has 1 aromatic rings. The number of para-hydroxylation sites is 1. The highest BCUT2D eigenvalue weighted by Gasteiger charge is 2.07. The van der Waals surface area contributed by atoms with E-state index in [1.807, 2.05) is 37.1 Å². The van der Waals surface area contributed by atoms with E-state index in [0.29, 0.717) is 13.0 Å². The van der Waals surface area contributed by atoms with Crippen LogP contribution in [0.4, 0.5) is 11.4 Å². The molecule has 3 nitrogen and oxygen atoms in total. The van der Waals surface area contributed by atoms with Crippen LogP contribution in [0.1, 0.15) is 12.0 Å². The van der Waals surface area contributed by atoms with E-state index < -0.39 is 0 Å². The van der Waals surface area contributed by atoms with E-state index in [0.717, 1.165) is 16.9 Å². The zero-order chi connectivity index (χ0) is 10.6. The molecule has 0 saturated heterocycles. The van der Waals surface area contributed by atoms with E-state index in [1.165, 1.54) is 0 Å². The SMILES string of the molecule is Cc1cccc(N)c1N(C)CCC#N. The number of nitrogen functional groups attached to an aromatic ring is 1. The highest BCUT2D eigenvalue weighted by molar-refractivity contribution is 5.70. The Kier molecular flexibility index (Phi) is 3.35. The van der Waals surface area contributed by atoms with E-state index in [9.17, 15) is 0 Å². The maximum atomic E-state index is 8.49. The number of benzene rings is 1. The molecule has 0 aliphatic rings. The molecule has 1 aromatic carbocycles. The molecule has 2 N–H and O–H groups in total. The van der Waals surface area contributed by atoms with Crippen LogP contribution >= 0.6 is 0 Å². The third-order valence-electron chi connectivity index (χ3n) is 2.21. The molecule has 0 amide bonds. The Bertz CT molecular complexity index is 332. The fourth-order valence-electron chi connectivity index (χ4n) is 1.53. The Balaban J connectivity index is 2.89. The lowest BCUT2D eigenvalue weighted by molar-refractivity contribution is 0.902. The minimum absolute atomic E-state index is 0.518. The Hall–Kier alpha value is -1.69. The zero-order valence-electron chi connectivity index (χ0n) is 8.62. The highest BCUT2D eigenvalue weighted by atomic mass is 15.1. The van der Waals surface area contributed by atoms with Crippen LogP contribution in [0, 0.1) is 18.3 Å². The second-order valence-electron chi connectivity index (χ2n) is 3.34. The number of nitriles is 1. The van der Waals surface area contributed by atoms with Gasteiger partial charge in [0.2, 0.25) is 0 Å². The molecule has 0 radical (unpaired) electrons. The Morgan fingerprint density at radius 3 is 2.79 bits per heavy atom. The van der Waals surface area contributed by atoms with Gasteiger partial charge in [0.1, 0.15) is 0 Å². The van der Waals surface area contributed by atoms with Crippen molar-refractivity contribution in [3.05, 3.63) is 23.8 Å². The number of hydrogen-bond acceptors (Lipinski definition) is 3. The molecule has 0 aliphatic heterocycles. The molecule has 0 spiro atoms. The molecule has 0 aromatic heterocycles. The van der Waals surface area contributed by atoms with Gasteiger partial charge in [-0.1, -0.05) is 12.1 Å². The molecule has 74 valence electrons. The summed E-state index contributed by atoms with van der Waals surface area (Å²) < 4.78 is 0. The van der Waals surface area contributed by atoms with Gasteiger partial charge >= 0.3 is 0 Å². The predicted molar refractivity (Wildman–Crippen MR) is 59.1 cm³/mol. The van der Waals surface area contributed by atoms with E-state index in [2.05, 4.69) is 6.07 Å². The van der Waals surface area contributed by atoms with Crippen molar-refractivity contribution in [2.24, 2.45) is 0 Å². The third kappa shape index (κ3) is 2.17. The standard InChI is InChI=1S/C11H15N3/c1-9-5-3-6-10(13)11(9)14(2)8-4-7-12/h3,5-6H,4,8,13H2,1-2H3. The van der Waals surface area contributed by atoms with Crippen LogP contribution < -0.4 is 10.6 Å². The third-order valence-corrected chi connectivity index (χ3v) is 2.21. The van der Waals surface area contributed by atoms with Crippen molar-refractivity contribution in [1.29, 1.82) is 5.26 Å². The summed E-state index contributed by atoms with van der Waals surface area (Å²) in [6, 6.07) is 7.96. The summed E-state index contributed by atoms with van der Waals surface area (Å²) >= 11 is 0. The van der Waals surface area contributed by atoms with Gasteiger partial charge in [-0.3, -0.25) is 0 Å². The summed E-state index contributed by atoms with van der Waals surface area (Å²) in [6.07, 6.45) is 0.518. The molecular formula is C11H15N3. The summed E-state index contributed by atoms with van der Waals surface area (Å²) in [6.45, 7) is 2.74. The number of nitrogens with two attached hydrogens (primary N) is 1. The average molecular weight is 189 g/mol.